The van der Waals surface area contributed by atoms with E-state index in [2.05, 4.69) is 34.5 Å². The molecule has 102 valence electrons. The predicted molar refractivity (Wildman–Crippen MR) is 75.4 cm³/mol. The van der Waals surface area contributed by atoms with E-state index in [1.165, 1.54) is 44.3 Å². The summed E-state index contributed by atoms with van der Waals surface area (Å²) in [4.78, 5) is 2.68. The highest BCUT2D eigenvalue weighted by molar-refractivity contribution is 5.39. The van der Waals surface area contributed by atoms with E-state index in [0.717, 1.165) is 18.4 Å². The minimum Gasteiger partial charge on any atom is -0.491 e. The van der Waals surface area contributed by atoms with Crippen molar-refractivity contribution in [3.8, 4) is 5.75 Å². The molecule has 1 N–H and O–H groups in total. The minimum atomic E-state index is 0.397. The van der Waals surface area contributed by atoms with Gasteiger partial charge in [-0.15, -0.1) is 0 Å². The topological polar surface area (TPSA) is 24.5 Å². The SMILES string of the molecule is c1ccc2c(c1)OCC2NC1CCN2CCCC2C1. The summed E-state index contributed by atoms with van der Waals surface area (Å²) in [5.74, 6) is 1.07. The highest BCUT2D eigenvalue weighted by Gasteiger charge is 2.34. The third kappa shape index (κ3) is 2.15. The van der Waals surface area contributed by atoms with E-state index in [1.54, 1.807) is 0 Å². The first-order valence-corrected chi connectivity index (χ1v) is 7.62. The van der Waals surface area contributed by atoms with Crippen LogP contribution in [0.4, 0.5) is 0 Å². The predicted octanol–water partition coefficient (Wildman–Crippen LogP) is 2.34. The van der Waals surface area contributed by atoms with Crippen LogP contribution in [0, 0.1) is 0 Å². The molecule has 0 saturated carbocycles. The molecular weight excluding hydrogens is 236 g/mol. The van der Waals surface area contributed by atoms with Crippen LogP contribution < -0.4 is 10.1 Å². The first kappa shape index (κ1) is 11.7. The Balaban J connectivity index is 1.43. The summed E-state index contributed by atoms with van der Waals surface area (Å²) in [6.45, 7) is 3.40. The molecule has 1 aromatic carbocycles. The Bertz CT molecular complexity index is 462. The number of nitrogens with zero attached hydrogens (tertiary/aromatic N) is 1. The molecule has 0 aliphatic carbocycles. The van der Waals surface area contributed by atoms with Gasteiger partial charge in [0.2, 0.25) is 0 Å². The van der Waals surface area contributed by atoms with Crippen molar-refractivity contribution in [2.45, 2.75) is 43.8 Å². The Morgan fingerprint density at radius 3 is 3.11 bits per heavy atom. The highest BCUT2D eigenvalue weighted by Crippen LogP contribution is 2.34. The molecule has 2 saturated heterocycles. The molecule has 3 heterocycles. The van der Waals surface area contributed by atoms with Crippen molar-refractivity contribution in [3.05, 3.63) is 29.8 Å². The second-order valence-electron chi connectivity index (χ2n) is 6.12. The van der Waals surface area contributed by atoms with Gasteiger partial charge in [0.15, 0.2) is 0 Å². The Morgan fingerprint density at radius 1 is 1.16 bits per heavy atom. The number of hydrogen-bond donors (Lipinski definition) is 1. The van der Waals surface area contributed by atoms with Gasteiger partial charge >= 0.3 is 0 Å². The largest absolute Gasteiger partial charge is 0.491 e. The average molecular weight is 258 g/mol. The second-order valence-corrected chi connectivity index (χ2v) is 6.12. The highest BCUT2D eigenvalue weighted by atomic mass is 16.5. The fourth-order valence-corrected chi connectivity index (χ4v) is 3.96. The van der Waals surface area contributed by atoms with E-state index in [1.807, 2.05) is 0 Å². The summed E-state index contributed by atoms with van der Waals surface area (Å²) >= 11 is 0. The molecule has 0 spiro atoms. The van der Waals surface area contributed by atoms with Gasteiger partial charge in [0.25, 0.3) is 0 Å². The quantitative estimate of drug-likeness (QED) is 0.881. The van der Waals surface area contributed by atoms with Gasteiger partial charge in [-0.05, 0) is 44.8 Å². The molecule has 2 fully saturated rings. The molecule has 3 aliphatic heterocycles. The summed E-state index contributed by atoms with van der Waals surface area (Å²) in [5.41, 5.74) is 1.34. The van der Waals surface area contributed by atoms with Gasteiger partial charge in [-0.3, -0.25) is 0 Å². The number of benzene rings is 1. The van der Waals surface area contributed by atoms with E-state index >= 15 is 0 Å². The monoisotopic (exact) mass is 258 g/mol. The number of hydrogen-bond acceptors (Lipinski definition) is 3. The first-order chi connectivity index (χ1) is 9.40. The molecule has 3 heteroatoms. The van der Waals surface area contributed by atoms with Crippen molar-refractivity contribution >= 4 is 0 Å². The molecule has 3 aliphatic rings. The van der Waals surface area contributed by atoms with Crippen molar-refractivity contribution in [2.75, 3.05) is 19.7 Å². The molecule has 1 aromatic rings. The number of para-hydroxylation sites is 1. The Morgan fingerprint density at radius 2 is 2.11 bits per heavy atom. The number of fused-ring (bicyclic) bond motifs is 2. The lowest BCUT2D eigenvalue weighted by molar-refractivity contribution is 0.157. The van der Waals surface area contributed by atoms with Gasteiger partial charge < -0.3 is 15.0 Å². The van der Waals surface area contributed by atoms with E-state index in [9.17, 15) is 0 Å². The zero-order chi connectivity index (χ0) is 12.7. The zero-order valence-corrected chi connectivity index (χ0v) is 11.3. The van der Waals surface area contributed by atoms with Gasteiger partial charge in [-0.2, -0.15) is 0 Å². The van der Waals surface area contributed by atoms with Crippen LogP contribution in [0.3, 0.4) is 0 Å². The number of piperidine rings is 1. The minimum absolute atomic E-state index is 0.397. The maximum Gasteiger partial charge on any atom is 0.124 e. The summed E-state index contributed by atoms with van der Waals surface area (Å²) in [7, 11) is 0. The number of nitrogens with one attached hydrogen (secondary N) is 1. The lowest BCUT2D eigenvalue weighted by Gasteiger charge is -2.36. The maximum absolute atomic E-state index is 5.77. The van der Waals surface area contributed by atoms with Gasteiger partial charge in [0.1, 0.15) is 12.4 Å². The van der Waals surface area contributed by atoms with Crippen molar-refractivity contribution in [1.29, 1.82) is 0 Å². The van der Waals surface area contributed by atoms with Crippen LogP contribution in [0.2, 0.25) is 0 Å². The summed E-state index contributed by atoms with van der Waals surface area (Å²) in [6, 6.07) is 10.3. The third-order valence-corrected chi connectivity index (χ3v) is 4.96. The summed E-state index contributed by atoms with van der Waals surface area (Å²) in [6.07, 6.45) is 5.40. The van der Waals surface area contributed by atoms with Crippen molar-refractivity contribution in [3.63, 3.8) is 0 Å². The fraction of sp³-hybridized carbons (Fsp3) is 0.625. The van der Waals surface area contributed by atoms with E-state index < -0.39 is 0 Å². The van der Waals surface area contributed by atoms with Gasteiger partial charge in [0, 0.05) is 17.6 Å². The maximum atomic E-state index is 5.77. The second kappa shape index (κ2) is 4.80. The van der Waals surface area contributed by atoms with Crippen LogP contribution in [0.1, 0.15) is 37.3 Å². The summed E-state index contributed by atoms with van der Waals surface area (Å²) in [5, 5.41) is 3.83. The fourth-order valence-electron chi connectivity index (χ4n) is 3.96. The van der Waals surface area contributed by atoms with Gasteiger partial charge in [-0.25, -0.2) is 0 Å². The third-order valence-electron chi connectivity index (χ3n) is 4.96. The molecule has 0 radical (unpaired) electrons. The average Bonchev–Trinajstić information content (AvgIpc) is 3.06. The molecule has 4 rings (SSSR count). The van der Waals surface area contributed by atoms with Gasteiger partial charge in [0.05, 0.1) is 6.04 Å². The van der Waals surface area contributed by atoms with Gasteiger partial charge in [-0.1, -0.05) is 18.2 Å². The Kier molecular flexibility index (Phi) is 2.97. The number of ether oxygens (including phenoxy) is 1. The van der Waals surface area contributed by atoms with E-state index in [0.29, 0.717) is 12.1 Å². The Labute approximate surface area is 114 Å². The van der Waals surface area contributed by atoms with Crippen LogP contribution in [0.5, 0.6) is 5.75 Å². The summed E-state index contributed by atoms with van der Waals surface area (Å²) < 4.78 is 5.77. The normalized spacial score (nSPS) is 33.8. The van der Waals surface area contributed by atoms with E-state index in [-0.39, 0.29) is 0 Å². The molecule has 3 unspecified atom stereocenters. The molecule has 0 bridgehead atoms. The van der Waals surface area contributed by atoms with Crippen molar-refractivity contribution in [1.82, 2.24) is 10.2 Å². The van der Waals surface area contributed by atoms with Crippen LogP contribution in [-0.2, 0) is 0 Å². The van der Waals surface area contributed by atoms with Crippen LogP contribution >= 0.6 is 0 Å². The van der Waals surface area contributed by atoms with Crippen LogP contribution in [-0.4, -0.2) is 36.7 Å². The molecule has 0 amide bonds. The molecule has 3 nitrogen and oxygen atoms in total. The van der Waals surface area contributed by atoms with Crippen LogP contribution in [0.15, 0.2) is 24.3 Å². The standard InChI is InChI=1S/C16H22N2O/c1-2-6-16-14(5-1)15(11-19-16)17-12-7-9-18-8-3-4-13(18)10-12/h1-2,5-6,12-13,15,17H,3-4,7-11H2. The molecular formula is C16H22N2O. The van der Waals surface area contributed by atoms with Crippen molar-refractivity contribution < 1.29 is 4.74 Å². The zero-order valence-electron chi connectivity index (χ0n) is 11.3. The van der Waals surface area contributed by atoms with E-state index in [4.69, 9.17) is 4.74 Å². The van der Waals surface area contributed by atoms with Crippen LogP contribution in [0.25, 0.3) is 0 Å². The van der Waals surface area contributed by atoms with Crippen molar-refractivity contribution in [2.24, 2.45) is 0 Å². The number of rotatable bonds is 2. The lowest BCUT2D eigenvalue weighted by atomic mass is 9.96. The molecule has 0 aromatic heterocycles. The molecule has 3 atom stereocenters. The lowest BCUT2D eigenvalue weighted by Crippen LogP contribution is -2.46. The smallest absolute Gasteiger partial charge is 0.124 e. The Hall–Kier alpha value is -1.06. The molecule has 19 heavy (non-hydrogen) atoms. The first-order valence-electron chi connectivity index (χ1n) is 7.62.